The number of fused-ring (bicyclic) bond motifs is 1. The third kappa shape index (κ3) is 4.04. The highest BCUT2D eigenvalue weighted by Crippen LogP contribution is 2.31. The van der Waals surface area contributed by atoms with Crippen LogP contribution in [-0.4, -0.2) is 40.8 Å². The molecular weight excluding hydrogens is 328 g/mol. The second kappa shape index (κ2) is 7.50. The number of hydrogen-bond donors (Lipinski definition) is 2. The summed E-state index contributed by atoms with van der Waals surface area (Å²) in [4.78, 5) is 0.213. The molecule has 1 aromatic carbocycles. The van der Waals surface area contributed by atoms with Crippen molar-refractivity contribution >= 4 is 22.4 Å². The molecule has 0 radical (unpaired) electrons. The van der Waals surface area contributed by atoms with Crippen LogP contribution in [0.4, 0.5) is 0 Å². The Balaban J connectivity index is 0.00000176. The standard InChI is InChI=1S/C14H20N2O4S.ClH/c17-21(18,16-10-11-3-1-6-15-11)12-4-5-13-14(9-12)20-8-2-7-19-13;/h4-5,9,11,15-16H,1-3,6-8,10H2;1H. The minimum Gasteiger partial charge on any atom is -0.490 e. The average molecular weight is 349 g/mol. The number of halogens is 1. The number of rotatable bonds is 4. The fraction of sp³-hybridized carbons (Fsp3) is 0.571. The fourth-order valence-electron chi connectivity index (χ4n) is 2.54. The van der Waals surface area contributed by atoms with Crippen molar-refractivity contribution in [3.63, 3.8) is 0 Å². The highest BCUT2D eigenvalue weighted by atomic mass is 35.5. The zero-order valence-electron chi connectivity index (χ0n) is 12.2. The summed E-state index contributed by atoms with van der Waals surface area (Å²) in [5.74, 6) is 1.10. The number of hydrogen-bond acceptors (Lipinski definition) is 5. The first-order chi connectivity index (χ1) is 10.1. The van der Waals surface area contributed by atoms with Gasteiger partial charge >= 0.3 is 0 Å². The molecule has 1 fully saturated rings. The first-order valence-corrected chi connectivity index (χ1v) is 8.76. The number of benzene rings is 1. The van der Waals surface area contributed by atoms with Crippen molar-refractivity contribution < 1.29 is 17.9 Å². The third-order valence-electron chi connectivity index (χ3n) is 3.71. The summed E-state index contributed by atoms with van der Waals surface area (Å²) in [6, 6.07) is 4.96. The molecule has 22 heavy (non-hydrogen) atoms. The highest BCUT2D eigenvalue weighted by Gasteiger charge is 2.21. The van der Waals surface area contributed by atoms with E-state index in [0.29, 0.717) is 31.3 Å². The van der Waals surface area contributed by atoms with E-state index in [1.165, 1.54) is 6.07 Å². The molecule has 124 valence electrons. The van der Waals surface area contributed by atoms with Gasteiger partial charge in [-0.25, -0.2) is 13.1 Å². The van der Waals surface area contributed by atoms with Crippen molar-refractivity contribution in [3.8, 4) is 11.5 Å². The molecule has 6 nitrogen and oxygen atoms in total. The fourth-order valence-corrected chi connectivity index (χ4v) is 3.63. The monoisotopic (exact) mass is 348 g/mol. The van der Waals surface area contributed by atoms with Crippen LogP contribution in [-0.2, 0) is 10.0 Å². The van der Waals surface area contributed by atoms with Crippen molar-refractivity contribution in [1.82, 2.24) is 10.0 Å². The topological polar surface area (TPSA) is 76.7 Å². The van der Waals surface area contributed by atoms with Crippen molar-refractivity contribution in [2.45, 2.75) is 30.2 Å². The first kappa shape index (κ1) is 17.3. The van der Waals surface area contributed by atoms with Gasteiger partial charge in [0.1, 0.15) is 0 Å². The van der Waals surface area contributed by atoms with E-state index >= 15 is 0 Å². The molecule has 1 saturated heterocycles. The molecule has 0 aromatic heterocycles. The normalized spacial score (nSPS) is 21.0. The molecule has 0 aliphatic carbocycles. The molecule has 2 N–H and O–H groups in total. The van der Waals surface area contributed by atoms with Gasteiger partial charge in [-0.05, 0) is 31.5 Å². The molecule has 0 saturated carbocycles. The van der Waals surface area contributed by atoms with E-state index < -0.39 is 10.0 Å². The first-order valence-electron chi connectivity index (χ1n) is 7.28. The summed E-state index contributed by atoms with van der Waals surface area (Å²) < 4.78 is 38.3. The van der Waals surface area contributed by atoms with Gasteiger partial charge in [0.2, 0.25) is 10.0 Å². The summed E-state index contributed by atoms with van der Waals surface area (Å²) in [5.41, 5.74) is 0. The van der Waals surface area contributed by atoms with Gasteiger partial charge in [-0.2, -0.15) is 0 Å². The molecule has 1 atom stereocenters. The molecular formula is C14H21ClN2O4S. The summed E-state index contributed by atoms with van der Waals surface area (Å²) >= 11 is 0. The lowest BCUT2D eigenvalue weighted by molar-refractivity contribution is 0.297. The van der Waals surface area contributed by atoms with Crippen molar-refractivity contribution in [2.75, 3.05) is 26.3 Å². The van der Waals surface area contributed by atoms with Crippen LogP contribution in [0.25, 0.3) is 0 Å². The lowest BCUT2D eigenvalue weighted by atomic mass is 10.2. The summed E-state index contributed by atoms with van der Waals surface area (Å²) in [6.45, 7) is 2.49. The molecule has 2 heterocycles. The quantitative estimate of drug-likeness (QED) is 0.857. The maximum Gasteiger partial charge on any atom is 0.240 e. The van der Waals surface area contributed by atoms with Gasteiger partial charge in [0, 0.05) is 25.1 Å². The van der Waals surface area contributed by atoms with E-state index in [-0.39, 0.29) is 23.3 Å². The smallest absolute Gasteiger partial charge is 0.240 e. The molecule has 2 aliphatic rings. The van der Waals surface area contributed by atoms with Gasteiger partial charge in [-0.3, -0.25) is 0 Å². The van der Waals surface area contributed by atoms with E-state index in [9.17, 15) is 8.42 Å². The maximum atomic E-state index is 12.3. The number of nitrogens with one attached hydrogen (secondary N) is 2. The minimum atomic E-state index is -3.52. The molecule has 0 spiro atoms. The van der Waals surface area contributed by atoms with E-state index in [1.54, 1.807) is 12.1 Å². The predicted molar refractivity (Wildman–Crippen MR) is 85.5 cm³/mol. The van der Waals surface area contributed by atoms with Crippen LogP contribution in [0, 0.1) is 0 Å². The van der Waals surface area contributed by atoms with Crippen LogP contribution in [0.2, 0.25) is 0 Å². The predicted octanol–water partition coefficient (Wildman–Crippen LogP) is 1.30. The lowest BCUT2D eigenvalue weighted by Gasteiger charge is -2.13. The maximum absolute atomic E-state index is 12.3. The Morgan fingerprint density at radius 2 is 1.95 bits per heavy atom. The summed E-state index contributed by atoms with van der Waals surface area (Å²) in [7, 11) is -3.52. The second-order valence-corrected chi connectivity index (χ2v) is 7.07. The Labute approximate surface area is 137 Å². The van der Waals surface area contributed by atoms with Crippen molar-refractivity contribution in [2.24, 2.45) is 0 Å². The minimum absolute atomic E-state index is 0. The molecule has 0 amide bonds. The second-order valence-electron chi connectivity index (χ2n) is 5.30. The van der Waals surface area contributed by atoms with Gasteiger partial charge in [-0.1, -0.05) is 0 Å². The van der Waals surface area contributed by atoms with Crippen LogP contribution in [0.1, 0.15) is 19.3 Å². The lowest BCUT2D eigenvalue weighted by Crippen LogP contribution is -2.37. The highest BCUT2D eigenvalue weighted by molar-refractivity contribution is 7.89. The Morgan fingerprint density at radius 1 is 1.18 bits per heavy atom. The Hall–Kier alpha value is -1.02. The van der Waals surface area contributed by atoms with Crippen LogP contribution in [0.3, 0.4) is 0 Å². The van der Waals surface area contributed by atoms with E-state index in [4.69, 9.17) is 9.47 Å². The Bertz CT molecular complexity index is 603. The number of ether oxygens (including phenoxy) is 2. The summed E-state index contributed by atoms with van der Waals surface area (Å²) in [5, 5.41) is 3.27. The van der Waals surface area contributed by atoms with Gasteiger partial charge in [0.15, 0.2) is 11.5 Å². The molecule has 3 rings (SSSR count). The molecule has 1 unspecified atom stereocenters. The number of sulfonamides is 1. The van der Waals surface area contributed by atoms with Gasteiger partial charge in [-0.15, -0.1) is 12.4 Å². The average Bonchev–Trinajstić information content (AvgIpc) is 2.89. The zero-order chi connectivity index (χ0) is 14.7. The van der Waals surface area contributed by atoms with E-state index in [0.717, 1.165) is 25.8 Å². The summed E-state index contributed by atoms with van der Waals surface area (Å²) in [6.07, 6.45) is 2.89. The largest absolute Gasteiger partial charge is 0.490 e. The van der Waals surface area contributed by atoms with Crippen LogP contribution in [0.5, 0.6) is 11.5 Å². The zero-order valence-corrected chi connectivity index (χ0v) is 13.8. The van der Waals surface area contributed by atoms with Crippen LogP contribution < -0.4 is 19.5 Å². The van der Waals surface area contributed by atoms with Crippen molar-refractivity contribution in [1.29, 1.82) is 0 Å². The van der Waals surface area contributed by atoms with E-state index in [1.807, 2.05) is 0 Å². The Kier molecular flexibility index (Phi) is 5.91. The van der Waals surface area contributed by atoms with Gasteiger partial charge in [0.05, 0.1) is 18.1 Å². The van der Waals surface area contributed by atoms with Gasteiger partial charge in [0.25, 0.3) is 0 Å². The van der Waals surface area contributed by atoms with Crippen molar-refractivity contribution in [3.05, 3.63) is 18.2 Å². The Morgan fingerprint density at radius 3 is 2.68 bits per heavy atom. The molecule has 8 heteroatoms. The van der Waals surface area contributed by atoms with Crippen LogP contribution in [0.15, 0.2) is 23.1 Å². The molecule has 0 bridgehead atoms. The molecule has 2 aliphatic heterocycles. The van der Waals surface area contributed by atoms with Crippen LogP contribution >= 0.6 is 12.4 Å². The third-order valence-corrected chi connectivity index (χ3v) is 5.13. The van der Waals surface area contributed by atoms with E-state index in [2.05, 4.69) is 10.0 Å². The molecule has 1 aromatic rings. The van der Waals surface area contributed by atoms with Gasteiger partial charge < -0.3 is 14.8 Å². The SMILES string of the molecule is Cl.O=S(=O)(NCC1CCCN1)c1ccc2c(c1)OCCCO2.